The first-order valence-corrected chi connectivity index (χ1v) is 10.1. The number of rotatable bonds is 2. The molecule has 0 saturated carbocycles. The molecule has 154 valence electrons. The van der Waals surface area contributed by atoms with Crippen LogP contribution in [0.15, 0.2) is 64.3 Å². The van der Waals surface area contributed by atoms with Crippen LogP contribution in [-0.4, -0.2) is 13.7 Å². The van der Waals surface area contributed by atoms with E-state index in [9.17, 15) is 9.59 Å². The summed E-state index contributed by atoms with van der Waals surface area (Å²) in [5.74, 6) is 0. The van der Waals surface area contributed by atoms with Crippen LogP contribution in [0.25, 0.3) is 27.8 Å². The van der Waals surface area contributed by atoms with E-state index >= 15 is 0 Å². The van der Waals surface area contributed by atoms with E-state index in [1.165, 1.54) is 21.7 Å². The number of fused-ring (bicyclic) bond motifs is 1. The van der Waals surface area contributed by atoms with Gasteiger partial charge in [-0.05, 0) is 35.6 Å². The summed E-state index contributed by atoms with van der Waals surface area (Å²) in [4.78, 5) is 25.7. The molecule has 0 saturated heterocycles. The third-order valence-corrected chi connectivity index (χ3v) is 5.78. The van der Waals surface area contributed by atoms with E-state index in [1.54, 1.807) is 7.05 Å². The van der Waals surface area contributed by atoms with E-state index in [-0.39, 0.29) is 16.7 Å². The molecule has 0 aliphatic carbocycles. The number of nitrogens with zero attached hydrogens (tertiary/aromatic N) is 3. The molecule has 0 N–H and O–H groups in total. The van der Waals surface area contributed by atoms with Crippen LogP contribution in [0.5, 0.6) is 0 Å². The molecule has 0 aliphatic rings. The molecule has 2 aromatic heterocycles. The minimum Gasteiger partial charge on any atom is -0.314 e. The average Bonchev–Trinajstić information content (AvgIpc) is 3.11. The van der Waals surface area contributed by atoms with Gasteiger partial charge in [-0.25, -0.2) is 4.79 Å². The highest BCUT2D eigenvalue weighted by molar-refractivity contribution is 5.94. The summed E-state index contributed by atoms with van der Waals surface area (Å²) in [5, 5.41) is 0.545. The van der Waals surface area contributed by atoms with Crippen molar-refractivity contribution in [1.29, 1.82) is 0 Å². The van der Waals surface area contributed by atoms with Crippen LogP contribution >= 0.6 is 0 Å². The summed E-state index contributed by atoms with van der Waals surface area (Å²) in [6, 6.07) is 16.5. The smallest absolute Gasteiger partial charge is 0.314 e. The van der Waals surface area contributed by atoms with Crippen LogP contribution in [0.4, 0.5) is 0 Å². The Labute approximate surface area is 175 Å². The van der Waals surface area contributed by atoms with E-state index < -0.39 is 0 Å². The molecule has 0 atom stereocenters. The maximum Gasteiger partial charge on any atom is 0.330 e. The first kappa shape index (κ1) is 20.0. The molecule has 5 heteroatoms. The number of hydrogen-bond acceptors (Lipinski definition) is 2. The topological polar surface area (TPSA) is 48.9 Å². The van der Waals surface area contributed by atoms with Gasteiger partial charge < -0.3 is 4.57 Å². The second-order valence-corrected chi connectivity index (χ2v) is 8.98. The van der Waals surface area contributed by atoms with Gasteiger partial charge in [0, 0.05) is 26.0 Å². The van der Waals surface area contributed by atoms with Crippen molar-refractivity contribution in [2.75, 3.05) is 0 Å². The van der Waals surface area contributed by atoms with Crippen LogP contribution < -0.4 is 11.2 Å². The van der Waals surface area contributed by atoms with Crippen LogP contribution in [0.1, 0.15) is 31.9 Å². The second-order valence-electron chi connectivity index (χ2n) is 8.98. The van der Waals surface area contributed by atoms with Gasteiger partial charge in [0.1, 0.15) is 0 Å². The summed E-state index contributed by atoms with van der Waals surface area (Å²) >= 11 is 0. The predicted molar refractivity (Wildman–Crippen MR) is 123 cm³/mol. The number of hydrogen-bond donors (Lipinski definition) is 0. The lowest BCUT2D eigenvalue weighted by molar-refractivity contribution is 0.590. The Morgan fingerprint density at radius 1 is 0.800 bits per heavy atom. The van der Waals surface area contributed by atoms with Crippen LogP contribution in [0.3, 0.4) is 0 Å². The molecule has 0 bridgehead atoms. The van der Waals surface area contributed by atoms with Crippen molar-refractivity contribution < 1.29 is 0 Å². The van der Waals surface area contributed by atoms with Crippen molar-refractivity contribution in [3.8, 4) is 16.9 Å². The molecule has 2 aromatic carbocycles. The van der Waals surface area contributed by atoms with Crippen LogP contribution in [0.2, 0.25) is 0 Å². The molecule has 0 fully saturated rings. The third kappa shape index (κ3) is 3.11. The molecule has 30 heavy (non-hydrogen) atoms. The van der Waals surface area contributed by atoms with Gasteiger partial charge in [-0.2, -0.15) is 0 Å². The van der Waals surface area contributed by atoms with E-state index in [4.69, 9.17) is 0 Å². The van der Waals surface area contributed by atoms with Crippen molar-refractivity contribution in [1.82, 2.24) is 13.7 Å². The first-order chi connectivity index (χ1) is 14.1. The normalized spacial score (nSPS) is 11.9. The Kier molecular flexibility index (Phi) is 4.57. The fraction of sp³-hybridized carbons (Fsp3) is 0.280. The van der Waals surface area contributed by atoms with Gasteiger partial charge in [0.05, 0.1) is 16.6 Å². The van der Waals surface area contributed by atoms with E-state index in [2.05, 4.69) is 45.0 Å². The zero-order chi connectivity index (χ0) is 21.8. The highest BCUT2D eigenvalue weighted by Gasteiger charge is 2.21. The molecule has 2 heterocycles. The second kappa shape index (κ2) is 6.87. The van der Waals surface area contributed by atoms with Crippen molar-refractivity contribution in [2.24, 2.45) is 14.1 Å². The van der Waals surface area contributed by atoms with E-state index in [1.807, 2.05) is 42.0 Å². The lowest BCUT2D eigenvalue weighted by Crippen LogP contribution is -2.36. The maximum absolute atomic E-state index is 13.2. The summed E-state index contributed by atoms with van der Waals surface area (Å²) in [7, 11) is 3.23. The van der Waals surface area contributed by atoms with Gasteiger partial charge in [-0.3, -0.25) is 13.9 Å². The summed E-state index contributed by atoms with van der Waals surface area (Å²) in [5.41, 5.74) is 5.12. The summed E-state index contributed by atoms with van der Waals surface area (Å²) in [6.07, 6.45) is 1.88. The fourth-order valence-electron chi connectivity index (χ4n) is 3.86. The minimum absolute atomic E-state index is 0.0413. The standard InChI is InChI=1S/C25H27N3O2/c1-16-7-13-19(14-8-16)28-15-20-21(23(29)27(6)24(30)26(20)5)22(28)17-9-11-18(12-10-17)25(2,3)4/h7-15H,1-6H3. The molecule has 0 amide bonds. The largest absolute Gasteiger partial charge is 0.330 e. The molecule has 4 rings (SSSR count). The molecule has 0 radical (unpaired) electrons. The number of aryl methyl sites for hydroxylation is 2. The SMILES string of the molecule is Cc1ccc(-n2cc3c(c2-c2ccc(C(C)(C)C)cc2)c(=O)n(C)c(=O)n3C)cc1. The Hall–Kier alpha value is -3.34. The maximum atomic E-state index is 13.2. The fourth-order valence-corrected chi connectivity index (χ4v) is 3.86. The lowest BCUT2D eigenvalue weighted by atomic mass is 9.86. The monoisotopic (exact) mass is 401 g/mol. The Bertz CT molecular complexity index is 1360. The predicted octanol–water partition coefficient (Wildman–Crippen LogP) is 4.30. The third-order valence-electron chi connectivity index (χ3n) is 5.78. The van der Waals surface area contributed by atoms with Crippen molar-refractivity contribution in [2.45, 2.75) is 33.1 Å². The van der Waals surface area contributed by atoms with Crippen molar-refractivity contribution in [3.63, 3.8) is 0 Å². The molecule has 0 spiro atoms. The zero-order valence-electron chi connectivity index (χ0n) is 18.4. The Morgan fingerprint density at radius 2 is 1.40 bits per heavy atom. The van der Waals surface area contributed by atoms with Gasteiger partial charge in [0.25, 0.3) is 5.56 Å². The Balaban J connectivity index is 2.10. The van der Waals surface area contributed by atoms with Crippen LogP contribution in [-0.2, 0) is 19.5 Å². The highest BCUT2D eigenvalue weighted by atomic mass is 16.2. The summed E-state index contributed by atoms with van der Waals surface area (Å²) < 4.78 is 4.72. The van der Waals surface area contributed by atoms with Gasteiger partial charge in [-0.15, -0.1) is 0 Å². The first-order valence-electron chi connectivity index (χ1n) is 10.1. The molecular formula is C25H27N3O2. The molecule has 0 unspecified atom stereocenters. The van der Waals surface area contributed by atoms with Gasteiger partial charge in [0.2, 0.25) is 0 Å². The van der Waals surface area contributed by atoms with Gasteiger partial charge in [-0.1, -0.05) is 62.7 Å². The van der Waals surface area contributed by atoms with Gasteiger partial charge in [0.15, 0.2) is 0 Å². The van der Waals surface area contributed by atoms with E-state index in [0.717, 1.165) is 22.5 Å². The molecule has 0 aliphatic heterocycles. The van der Waals surface area contributed by atoms with Gasteiger partial charge >= 0.3 is 5.69 Å². The number of benzene rings is 2. The molecule has 5 nitrogen and oxygen atoms in total. The van der Waals surface area contributed by atoms with Crippen LogP contribution in [0, 0.1) is 6.92 Å². The van der Waals surface area contributed by atoms with Crippen molar-refractivity contribution in [3.05, 3.63) is 86.7 Å². The average molecular weight is 402 g/mol. The van der Waals surface area contributed by atoms with Crippen molar-refractivity contribution >= 4 is 10.9 Å². The molecular weight excluding hydrogens is 374 g/mol. The quantitative estimate of drug-likeness (QED) is 0.503. The molecule has 4 aromatic rings. The zero-order valence-corrected chi connectivity index (χ0v) is 18.4. The minimum atomic E-state index is -0.330. The lowest BCUT2D eigenvalue weighted by Gasteiger charge is -2.19. The summed E-state index contributed by atoms with van der Waals surface area (Å²) in [6.45, 7) is 8.58. The van der Waals surface area contributed by atoms with E-state index in [0.29, 0.717) is 10.9 Å². The number of aromatic nitrogens is 3. The Morgan fingerprint density at radius 3 is 1.97 bits per heavy atom. The highest BCUT2D eigenvalue weighted by Crippen LogP contribution is 2.32.